The largest absolute Gasteiger partial charge is 0.492 e. The van der Waals surface area contributed by atoms with Crippen molar-refractivity contribution in [1.29, 1.82) is 0 Å². The van der Waals surface area contributed by atoms with Crippen LogP contribution in [0.25, 0.3) is 6.08 Å². The fourth-order valence-corrected chi connectivity index (χ4v) is 2.70. The smallest absolute Gasteiger partial charge is 0.328 e. The molecule has 3 N–H and O–H groups in total. The number of carboxylic acid groups (broad SMARTS) is 1. The maximum Gasteiger partial charge on any atom is 0.328 e. The van der Waals surface area contributed by atoms with Gasteiger partial charge in [-0.25, -0.2) is 10.2 Å². The number of hydrazine groups is 1. The molecule has 1 aromatic heterocycles. The van der Waals surface area contributed by atoms with Gasteiger partial charge in [-0.1, -0.05) is 24.3 Å². The zero-order valence-electron chi connectivity index (χ0n) is 13.8. The van der Waals surface area contributed by atoms with Crippen molar-refractivity contribution in [3.8, 4) is 5.75 Å². The van der Waals surface area contributed by atoms with Gasteiger partial charge in [-0.15, -0.1) is 0 Å². The van der Waals surface area contributed by atoms with E-state index >= 15 is 0 Å². The van der Waals surface area contributed by atoms with Crippen LogP contribution < -0.4 is 15.6 Å². The third-order valence-corrected chi connectivity index (χ3v) is 3.98. The molecule has 0 saturated carbocycles. The Balaban J connectivity index is 1.50. The molecule has 6 nitrogen and oxygen atoms in total. The quantitative estimate of drug-likeness (QED) is 0.672. The van der Waals surface area contributed by atoms with Crippen LogP contribution in [-0.2, 0) is 11.2 Å². The zero-order chi connectivity index (χ0) is 17.5. The fourth-order valence-electron chi connectivity index (χ4n) is 2.70. The van der Waals surface area contributed by atoms with Crippen molar-refractivity contribution >= 4 is 12.0 Å². The number of aliphatic carboxylic acids is 1. The molecule has 0 aliphatic carbocycles. The first-order valence-corrected chi connectivity index (χ1v) is 8.28. The minimum absolute atomic E-state index is 0.260. The molecule has 0 amide bonds. The first kappa shape index (κ1) is 17.1. The number of carbonyl (C=O) groups is 1. The van der Waals surface area contributed by atoms with Gasteiger partial charge in [0.2, 0.25) is 0 Å². The van der Waals surface area contributed by atoms with Crippen molar-refractivity contribution in [2.45, 2.75) is 18.9 Å². The van der Waals surface area contributed by atoms with Crippen molar-refractivity contribution in [3.63, 3.8) is 0 Å². The summed E-state index contributed by atoms with van der Waals surface area (Å²) in [5.74, 6) is -0.204. The second-order valence-corrected chi connectivity index (χ2v) is 5.85. The highest BCUT2D eigenvalue weighted by molar-refractivity contribution is 5.85. The third kappa shape index (κ3) is 5.14. The highest BCUT2D eigenvalue weighted by Gasteiger charge is 2.16. The summed E-state index contributed by atoms with van der Waals surface area (Å²) < 4.78 is 5.75. The Hall–Kier alpha value is -2.70. The van der Waals surface area contributed by atoms with Crippen LogP contribution >= 0.6 is 0 Å². The van der Waals surface area contributed by atoms with Gasteiger partial charge in [-0.3, -0.25) is 10.4 Å². The van der Waals surface area contributed by atoms with Gasteiger partial charge in [-0.05, 0) is 35.8 Å². The molecule has 1 aromatic carbocycles. The molecule has 25 heavy (non-hydrogen) atoms. The lowest BCUT2D eigenvalue weighted by molar-refractivity contribution is -0.131. The van der Waals surface area contributed by atoms with Gasteiger partial charge >= 0.3 is 5.97 Å². The van der Waals surface area contributed by atoms with Crippen LogP contribution in [0, 0.1) is 0 Å². The Morgan fingerprint density at radius 1 is 1.36 bits per heavy atom. The molecule has 0 spiro atoms. The van der Waals surface area contributed by atoms with Gasteiger partial charge in [0.15, 0.2) is 0 Å². The average molecular weight is 339 g/mol. The highest BCUT2D eigenvalue weighted by Crippen LogP contribution is 2.19. The highest BCUT2D eigenvalue weighted by atomic mass is 16.5. The van der Waals surface area contributed by atoms with E-state index in [-0.39, 0.29) is 6.04 Å². The van der Waals surface area contributed by atoms with Gasteiger partial charge in [-0.2, -0.15) is 0 Å². The van der Waals surface area contributed by atoms with E-state index in [1.807, 2.05) is 36.4 Å². The summed E-state index contributed by atoms with van der Waals surface area (Å²) in [7, 11) is 0. The lowest BCUT2D eigenvalue weighted by Crippen LogP contribution is -2.25. The molecular formula is C19H21N3O3. The molecule has 2 aromatic rings. The summed E-state index contributed by atoms with van der Waals surface area (Å²) in [4.78, 5) is 15.0. The maximum atomic E-state index is 10.6. The number of nitrogens with one attached hydrogen (secondary N) is 2. The minimum Gasteiger partial charge on any atom is -0.492 e. The molecule has 0 radical (unpaired) electrons. The topological polar surface area (TPSA) is 83.5 Å². The summed E-state index contributed by atoms with van der Waals surface area (Å²) in [6.45, 7) is 1.49. The Labute approximate surface area is 146 Å². The predicted molar refractivity (Wildman–Crippen MR) is 95.0 cm³/mol. The van der Waals surface area contributed by atoms with Gasteiger partial charge in [0, 0.05) is 19.0 Å². The molecule has 1 saturated heterocycles. The van der Waals surface area contributed by atoms with Crippen LogP contribution in [-0.4, -0.2) is 29.2 Å². The van der Waals surface area contributed by atoms with Crippen molar-refractivity contribution in [3.05, 3.63) is 65.5 Å². The number of aromatic nitrogens is 1. The summed E-state index contributed by atoms with van der Waals surface area (Å²) in [6.07, 6.45) is 6.24. The summed E-state index contributed by atoms with van der Waals surface area (Å²) in [5, 5.41) is 8.68. The number of benzene rings is 1. The first-order valence-electron chi connectivity index (χ1n) is 8.28. The van der Waals surface area contributed by atoms with Crippen molar-refractivity contribution < 1.29 is 14.6 Å². The second-order valence-electron chi connectivity index (χ2n) is 5.85. The molecule has 1 aliphatic rings. The standard InChI is InChI=1S/C19H21N3O3/c23-19(24)7-4-14-2-1-3-15(12-14)9-11-25-16-5-6-17(20-13-16)18-8-10-21-22-18/h1-7,12-13,18,21-22H,8-11H2,(H,23,24)/b7-4+. The number of nitrogens with zero attached hydrogens (tertiary/aromatic N) is 1. The molecule has 1 aliphatic heterocycles. The number of rotatable bonds is 7. The SMILES string of the molecule is O=C(O)/C=C/c1cccc(CCOc2ccc(C3CCNN3)nc2)c1. The Morgan fingerprint density at radius 2 is 2.28 bits per heavy atom. The van der Waals surface area contributed by atoms with E-state index in [1.165, 1.54) is 0 Å². The number of pyridine rings is 1. The molecule has 3 rings (SSSR count). The van der Waals surface area contributed by atoms with E-state index in [4.69, 9.17) is 9.84 Å². The van der Waals surface area contributed by atoms with Crippen molar-refractivity contribution in [1.82, 2.24) is 15.8 Å². The summed E-state index contributed by atoms with van der Waals surface area (Å²) >= 11 is 0. The third-order valence-electron chi connectivity index (χ3n) is 3.98. The minimum atomic E-state index is -0.951. The molecular weight excluding hydrogens is 318 g/mol. The summed E-state index contributed by atoms with van der Waals surface area (Å²) in [5.41, 5.74) is 9.25. The van der Waals surface area contributed by atoms with Crippen LogP contribution in [0.1, 0.15) is 29.3 Å². The average Bonchev–Trinajstić information content (AvgIpc) is 3.16. The second kappa shape index (κ2) is 8.41. The number of ether oxygens (including phenoxy) is 1. The molecule has 1 atom stereocenters. The van der Waals surface area contributed by atoms with Crippen molar-refractivity contribution in [2.75, 3.05) is 13.2 Å². The van der Waals surface area contributed by atoms with Crippen LogP contribution in [0.2, 0.25) is 0 Å². The van der Waals surface area contributed by atoms with Gasteiger partial charge < -0.3 is 9.84 Å². The molecule has 1 fully saturated rings. The monoisotopic (exact) mass is 339 g/mol. The predicted octanol–water partition coefficient (Wildman–Crippen LogP) is 2.34. The Morgan fingerprint density at radius 3 is 3.00 bits per heavy atom. The molecule has 0 bridgehead atoms. The fraction of sp³-hybridized carbons (Fsp3) is 0.263. The molecule has 1 unspecified atom stereocenters. The molecule has 6 heteroatoms. The lowest BCUT2D eigenvalue weighted by atomic mass is 10.1. The Bertz CT molecular complexity index is 738. The van der Waals surface area contributed by atoms with E-state index in [1.54, 1.807) is 12.3 Å². The number of carboxylic acids is 1. The number of hydrogen-bond donors (Lipinski definition) is 3. The van der Waals surface area contributed by atoms with Crippen LogP contribution in [0.4, 0.5) is 0 Å². The van der Waals surface area contributed by atoms with Crippen molar-refractivity contribution in [2.24, 2.45) is 0 Å². The zero-order valence-corrected chi connectivity index (χ0v) is 13.8. The van der Waals surface area contributed by atoms with Crippen LogP contribution in [0.5, 0.6) is 5.75 Å². The van der Waals surface area contributed by atoms with Gasteiger partial charge in [0.05, 0.1) is 24.5 Å². The van der Waals surface area contributed by atoms with E-state index in [0.717, 1.165) is 48.0 Å². The van der Waals surface area contributed by atoms with Gasteiger partial charge in [0.1, 0.15) is 5.75 Å². The van der Waals surface area contributed by atoms with E-state index in [2.05, 4.69) is 15.8 Å². The van der Waals surface area contributed by atoms with E-state index in [0.29, 0.717) is 6.61 Å². The van der Waals surface area contributed by atoms with Crippen LogP contribution in [0.15, 0.2) is 48.7 Å². The maximum absolute atomic E-state index is 10.6. The normalized spacial score (nSPS) is 17.0. The van der Waals surface area contributed by atoms with E-state index < -0.39 is 5.97 Å². The number of hydrogen-bond acceptors (Lipinski definition) is 5. The van der Waals surface area contributed by atoms with E-state index in [9.17, 15) is 4.79 Å². The molecule has 2 heterocycles. The first-order chi connectivity index (χ1) is 12.2. The lowest BCUT2D eigenvalue weighted by Gasteiger charge is -2.10. The van der Waals surface area contributed by atoms with Crippen LogP contribution in [0.3, 0.4) is 0 Å². The van der Waals surface area contributed by atoms with Gasteiger partial charge in [0.25, 0.3) is 0 Å². The summed E-state index contributed by atoms with van der Waals surface area (Å²) in [6, 6.07) is 11.9. The Kier molecular flexibility index (Phi) is 5.77. The molecule has 130 valence electrons.